The Kier molecular flexibility index (Phi) is 8.52. The third-order valence-electron chi connectivity index (χ3n) is 5.85. The van der Waals surface area contributed by atoms with E-state index in [2.05, 4.69) is 5.32 Å². The first-order valence-electron chi connectivity index (χ1n) is 11.0. The average Bonchev–Trinajstić information content (AvgIpc) is 2.71. The summed E-state index contributed by atoms with van der Waals surface area (Å²) in [5.74, 6) is -0.253. The monoisotopic (exact) mass is 462 g/mol. The van der Waals surface area contributed by atoms with Crippen molar-refractivity contribution < 1.29 is 13.2 Å². The van der Waals surface area contributed by atoms with Gasteiger partial charge in [-0.3, -0.25) is 4.79 Å². The van der Waals surface area contributed by atoms with Crippen LogP contribution < -0.4 is 5.32 Å². The number of nitrogens with zero attached hydrogens (tertiary/aromatic N) is 1. The molecule has 0 radical (unpaired) electrons. The van der Waals surface area contributed by atoms with E-state index in [-0.39, 0.29) is 29.9 Å². The molecule has 1 N–H and O–H groups in total. The third-order valence-corrected chi connectivity index (χ3v) is 7.91. The van der Waals surface area contributed by atoms with Crippen LogP contribution in [-0.2, 0) is 21.4 Å². The first-order valence-corrected chi connectivity index (χ1v) is 12.8. The maximum Gasteiger partial charge on any atom is 0.243 e. The zero-order valence-corrected chi connectivity index (χ0v) is 19.6. The van der Waals surface area contributed by atoms with Crippen LogP contribution in [0.3, 0.4) is 0 Å². The van der Waals surface area contributed by atoms with Gasteiger partial charge in [-0.05, 0) is 55.2 Å². The lowest BCUT2D eigenvalue weighted by atomic mass is 9.97. The van der Waals surface area contributed by atoms with Gasteiger partial charge in [-0.1, -0.05) is 68.0 Å². The third kappa shape index (κ3) is 6.79. The predicted molar refractivity (Wildman–Crippen MR) is 124 cm³/mol. The topological polar surface area (TPSA) is 66.5 Å². The van der Waals surface area contributed by atoms with Gasteiger partial charge in [0, 0.05) is 17.6 Å². The number of aryl methyl sites for hydroxylation is 1. The fraction of sp³-hybridized carbons (Fsp3) is 0.458. The number of sulfonamides is 1. The van der Waals surface area contributed by atoms with Crippen LogP contribution in [-0.4, -0.2) is 31.2 Å². The second-order valence-corrected chi connectivity index (χ2v) is 10.6. The molecule has 0 bridgehead atoms. The van der Waals surface area contributed by atoms with Crippen molar-refractivity contribution in [1.82, 2.24) is 9.62 Å². The lowest BCUT2D eigenvalue weighted by Crippen LogP contribution is -2.44. The van der Waals surface area contributed by atoms with E-state index in [4.69, 9.17) is 11.6 Å². The van der Waals surface area contributed by atoms with Gasteiger partial charge in [0.15, 0.2) is 0 Å². The molecule has 1 aliphatic carbocycles. The van der Waals surface area contributed by atoms with Crippen LogP contribution in [0.15, 0.2) is 53.4 Å². The molecule has 0 unspecified atom stereocenters. The molecule has 0 heterocycles. The Hall–Kier alpha value is -1.89. The number of carbonyl (C=O) groups excluding carboxylic acids is 1. The van der Waals surface area contributed by atoms with Crippen molar-refractivity contribution in [3.05, 3.63) is 64.7 Å². The van der Waals surface area contributed by atoms with Crippen LogP contribution in [0.2, 0.25) is 5.02 Å². The highest BCUT2D eigenvalue weighted by molar-refractivity contribution is 7.89. The van der Waals surface area contributed by atoms with Crippen LogP contribution in [0.4, 0.5) is 0 Å². The second-order valence-electron chi connectivity index (χ2n) is 8.26. The molecule has 5 nitrogen and oxygen atoms in total. The van der Waals surface area contributed by atoms with Gasteiger partial charge >= 0.3 is 0 Å². The summed E-state index contributed by atoms with van der Waals surface area (Å²) in [5.41, 5.74) is 1.86. The molecule has 0 aliphatic heterocycles. The largest absolute Gasteiger partial charge is 0.352 e. The van der Waals surface area contributed by atoms with Crippen LogP contribution in [0.5, 0.6) is 0 Å². The molecule has 2 aromatic carbocycles. The van der Waals surface area contributed by atoms with Crippen molar-refractivity contribution in [2.24, 2.45) is 0 Å². The van der Waals surface area contributed by atoms with Crippen LogP contribution in [0.25, 0.3) is 0 Å². The highest BCUT2D eigenvalue weighted by atomic mass is 35.5. The van der Waals surface area contributed by atoms with Crippen LogP contribution in [0, 0.1) is 6.92 Å². The minimum absolute atomic E-state index is 0.117. The predicted octanol–water partition coefficient (Wildman–Crippen LogP) is 5.07. The molecule has 31 heavy (non-hydrogen) atoms. The van der Waals surface area contributed by atoms with Crippen molar-refractivity contribution in [3.8, 4) is 0 Å². The quantitative estimate of drug-likeness (QED) is 0.624. The van der Waals surface area contributed by atoms with Crippen molar-refractivity contribution in [2.45, 2.75) is 69.4 Å². The van der Waals surface area contributed by atoms with Gasteiger partial charge in [-0.25, -0.2) is 8.42 Å². The summed E-state index contributed by atoms with van der Waals surface area (Å²) in [4.78, 5) is 13.0. The van der Waals surface area contributed by atoms with E-state index in [1.807, 2.05) is 31.2 Å². The van der Waals surface area contributed by atoms with Crippen molar-refractivity contribution >= 4 is 27.5 Å². The molecule has 1 saturated carbocycles. The molecule has 1 fully saturated rings. The normalized spacial score (nSPS) is 16.0. The zero-order valence-electron chi connectivity index (χ0n) is 18.0. The Balaban J connectivity index is 1.80. The molecule has 0 spiro atoms. The fourth-order valence-electron chi connectivity index (χ4n) is 3.99. The first-order chi connectivity index (χ1) is 14.9. The molecule has 0 atom stereocenters. The van der Waals surface area contributed by atoms with E-state index in [0.29, 0.717) is 5.02 Å². The van der Waals surface area contributed by atoms with Gasteiger partial charge in [0.25, 0.3) is 0 Å². The maximum absolute atomic E-state index is 13.4. The Morgan fingerprint density at radius 3 is 2.26 bits per heavy atom. The molecule has 1 amide bonds. The SMILES string of the molecule is Cc1ccccc1CN(CC(=O)NC1CCCCCCC1)S(=O)(=O)c1ccc(Cl)cc1. The molecular weight excluding hydrogens is 432 g/mol. The van der Waals surface area contributed by atoms with Gasteiger partial charge in [-0.2, -0.15) is 4.31 Å². The van der Waals surface area contributed by atoms with Crippen LogP contribution in [0.1, 0.15) is 56.1 Å². The number of hydrogen-bond acceptors (Lipinski definition) is 3. The Morgan fingerprint density at radius 2 is 1.61 bits per heavy atom. The number of halogens is 1. The van der Waals surface area contributed by atoms with Gasteiger partial charge < -0.3 is 5.32 Å². The van der Waals surface area contributed by atoms with Gasteiger partial charge in [0.05, 0.1) is 11.4 Å². The molecule has 7 heteroatoms. The Labute approximate surface area is 190 Å². The van der Waals surface area contributed by atoms with E-state index < -0.39 is 10.0 Å². The van der Waals surface area contributed by atoms with E-state index >= 15 is 0 Å². The summed E-state index contributed by atoms with van der Waals surface area (Å²) >= 11 is 5.94. The van der Waals surface area contributed by atoms with Gasteiger partial charge in [-0.15, -0.1) is 0 Å². The van der Waals surface area contributed by atoms with E-state index in [1.165, 1.54) is 35.7 Å². The maximum atomic E-state index is 13.4. The van der Waals surface area contributed by atoms with E-state index in [1.54, 1.807) is 12.1 Å². The highest BCUT2D eigenvalue weighted by Gasteiger charge is 2.28. The molecule has 0 saturated heterocycles. The number of nitrogens with one attached hydrogen (secondary N) is 1. The second kappa shape index (κ2) is 11.1. The fourth-order valence-corrected chi connectivity index (χ4v) is 5.49. The Morgan fingerprint density at radius 1 is 1.00 bits per heavy atom. The summed E-state index contributed by atoms with van der Waals surface area (Å²) < 4.78 is 28.0. The van der Waals surface area contributed by atoms with Crippen molar-refractivity contribution in [2.75, 3.05) is 6.54 Å². The average molecular weight is 463 g/mol. The minimum atomic E-state index is -3.87. The first kappa shape index (κ1) is 23.8. The van der Waals surface area contributed by atoms with Crippen molar-refractivity contribution in [3.63, 3.8) is 0 Å². The van der Waals surface area contributed by atoms with E-state index in [0.717, 1.165) is 36.8 Å². The molecule has 1 aliphatic rings. The molecule has 2 aromatic rings. The smallest absolute Gasteiger partial charge is 0.243 e. The summed E-state index contributed by atoms with van der Waals surface area (Å²) in [5, 5.41) is 3.55. The minimum Gasteiger partial charge on any atom is -0.352 e. The van der Waals surface area contributed by atoms with Crippen LogP contribution >= 0.6 is 11.6 Å². The van der Waals surface area contributed by atoms with Gasteiger partial charge in [0.1, 0.15) is 0 Å². The van der Waals surface area contributed by atoms with Gasteiger partial charge in [0.2, 0.25) is 15.9 Å². The number of rotatable bonds is 7. The number of hydrogen-bond donors (Lipinski definition) is 1. The standard InChI is InChI=1S/C24H31ClN2O3S/c1-19-9-7-8-10-20(19)17-27(31(29,30)23-15-13-21(25)14-16-23)18-24(28)26-22-11-5-3-2-4-6-12-22/h7-10,13-16,22H,2-6,11-12,17-18H2,1H3,(H,26,28). The molecular formula is C24H31ClN2O3S. The summed E-state index contributed by atoms with van der Waals surface area (Å²) in [6.45, 7) is 1.86. The lowest BCUT2D eigenvalue weighted by molar-refractivity contribution is -0.122. The highest BCUT2D eigenvalue weighted by Crippen LogP contribution is 2.22. The Bertz CT molecular complexity index is 969. The molecule has 168 valence electrons. The zero-order chi connectivity index (χ0) is 22.3. The summed E-state index contributed by atoms with van der Waals surface area (Å²) in [7, 11) is -3.87. The molecule has 3 rings (SSSR count). The number of carbonyl (C=O) groups is 1. The molecule has 0 aromatic heterocycles. The summed E-state index contributed by atoms with van der Waals surface area (Å²) in [6.07, 6.45) is 7.74. The lowest BCUT2D eigenvalue weighted by Gasteiger charge is -2.25. The number of benzene rings is 2. The van der Waals surface area contributed by atoms with E-state index in [9.17, 15) is 13.2 Å². The number of amides is 1. The summed E-state index contributed by atoms with van der Waals surface area (Å²) in [6, 6.07) is 13.8. The van der Waals surface area contributed by atoms with Crippen molar-refractivity contribution in [1.29, 1.82) is 0 Å².